The fourth-order valence-corrected chi connectivity index (χ4v) is 2.30. The standard InChI is InChI=1S/C14H13NO2S/c16-9-10-18-14-12(7-4-8-15-14)13(17)11-5-2-1-3-6-11/h1-8,16H,9-10H2. The highest BCUT2D eigenvalue weighted by Gasteiger charge is 2.13. The predicted octanol–water partition coefficient (Wildman–Crippen LogP) is 2.40. The van der Waals surface area contributed by atoms with E-state index >= 15 is 0 Å². The van der Waals surface area contributed by atoms with Gasteiger partial charge in [0.05, 0.1) is 12.2 Å². The zero-order valence-electron chi connectivity index (χ0n) is 9.74. The molecule has 1 N–H and O–H groups in total. The van der Waals surface area contributed by atoms with E-state index in [1.807, 2.05) is 18.2 Å². The summed E-state index contributed by atoms with van der Waals surface area (Å²) in [4.78, 5) is 16.5. The lowest BCUT2D eigenvalue weighted by atomic mass is 10.1. The highest BCUT2D eigenvalue weighted by molar-refractivity contribution is 7.99. The number of hydrogen-bond acceptors (Lipinski definition) is 4. The fraction of sp³-hybridized carbons (Fsp3) is 0.143. The number of ketones is 1. The minimum Gasteiger partial charge on any atom is -0.396 e. The third kappa shape index (κ3) is 2.97. The number of aromatic nitrogens is 1. The van der Waals surface area contributed by atoms with Crippen molar-refractivity contribution in [2.45, 2.75) is 5.03 Å². The Labute approximate surface area is 110 Å². The molecule has 1 aromatic carbocycles. The third-order valence-electron chi connectivity index (χ3n) is 2.38. The van der Waals surface area contributed by atoms with Gasteiger partial charge in [-0.2, -0.15) is 0 Å². The van der Waals surface area contributed by atoms with Crippen LogP contribution in [0.4, 0.5) is 0 Å². The maximum Gasteiger partial charge on any atom is 0.195 e. The van der Waals surface area contributed by atoms with Gasteiger partial charge in [-0.25, -0.2) is 4.98 Å². The molecule has 92 valence electrons. The van der Waals surface area contributed by atoms with Gasteiger partial charge in [0.25, 0.3) is 0 Å². The molecule has 0 aliphatic heterocycles. The van der Waals surface area contributed by atoms with E-state index in [1.165, 1.54) is 11.8 Å². The van der Waals surface area contributed by atoms with Crippen molar-refractivity contribution >= 4 is 17.5 Å². The van der Waals surface area contributed by atoms with Crippen LogP contribution < -0.4 is 0 Å². The highest BCUT2D eigenvalue weighted by Crippen LogP contribution is 2.22. The molecule has 2 rings (SSSR count). The number of nitrogens with zero attached hydrogens (tertiary/aromatic N) is 1. The normalized spacial score (nSPS) is 10.3. The molecular weight excluding hydrogens is 246 g/mol. The SMILES string of the molecule is O=C(c1ccccc1)c1cccnc1SCCO. The molecule has 18 heavy (non-hydrogen) atoms. The molecule has 0 unspecified atom stereocenters. The van der Waals surface area contributed by atoms with Crippen molar-refractivity contribution in [2.75, 3.05) is 12.4 Å². The first-order valence-electron chi connectivity index (χ1n) is 5.61. The van der Waals surface area contributed by atoms with Gasteiger partial charge in [-0.15, -0.1) is 11.8 Å². The first-order chi connectivity index (χ1) is 8.83. The second-order valence-electron chi connectivity index (χ2n) is 3.62. The van der Waals surface area contributed by atoms with Crippen LogP contribution in [0.25, 0.3) is 0 Å². The summed E-state index contributed by atoms with van der Waals surface area (Å²) in [6.07, 6.45) is 1.65. The molecule has 3 nitrogen and oxygen atoms in total. The molecule has 1 heterocycles. The predicted molar refractivity (Wildman–Crippen MR) is 71.9 cm³/mol. The Kier molecular flexibility index (Phi) is 4.50. The van der Waals surface area contributed by atoms with Gasteiger partial charge in [0, 0.05) is 17.5 Å². The van der Waals surface area contributed by atoms with E-state index in [4.69, 9.17) is 5.11 Å². The van der Waals surface area contributed by atoms with Crippen molar-refractivity contribution < 1.29 is 9.90 Å². The molecule has 0 amide bonds. The van der Waals surface area contributed by atoms with Crippen LogP contribution in [0, 0.1) is 0 Å². The van der Waals surface area contributed by atoms with Gasteiger partial charge in [0.15, 0.2) is 5.78 Å². The summed E-state index contributed by atoms with van der Waals surface area (Å²) in [7, 11) is 0. The number of carbonyl (C=O) groups excluding carboxylic acids is 1. The number of benzene rings is 1. The second-order valence-corrected chi connectivity index (χ2v) is 4.71. The first kappa shape index (κ1) is 12.8. The largest absolute Gasteiger partial charge is 0.396 e. The van der Waals surface area contributed by atoms with Crippen molar-refractivity contribution in [3.05, 3.63) is 59.8 Å². The van der Waals surface area contributed by atoms with Gasteiger partial charge in [-0.3, -0.25) is 4.79 Å². The van der Waals surface area contributed by atoms with Crippen molar-refractivity contribution in [3.63, 3.8) is 0 Å². The van der Waals surface area contributed by atoms with E-state index < -0.39 is 0 Å². The average molecular weight is 259 g/mol. The molecular formula is C14H13NO2S. The molecule has 0 saturated heterocycles. The lowest BCUT2D eigenvalue weighted by Crippen LogP contribution is -2.04. The van der Waals surface area contributed by atoms with E-state index in [2.05, 4.69) is 4.98 Å². The van der Waals surface area contributed by atoms with Crippen LogP contribution >= 0.6 is 11.8 Å². The van der Waals surface area contributed by atoms with Gasteiger partial charge in [0.1, 0.15) is 5.03 Å². The van der Waals surface area contributed by atoms with E-state index in [-0.39, 0.29) is 12.4 Å². The maximum atomic E-state index is 12.3. The summed E-state index contributed by atoms with van der Waals surface area (Å²) in [5.41, 5.74) is 1.23. The number of aliphatic hydroxyl groups excluding tert-OH is 1. The number of carbonyl (C=O) groups is 1. The van der Waals surface area contributed by atoms with Crippen molar-refractivity contribution in [1.29, 1.82) is 0 Å². The van der Waals surface area contributed by atoms with Gasteiger partial charge >= 0.3 is 0 Å². The Morgan fingerprint density at radius 2 is 1.94 bits per heavy atom. The van der Waals surface area contributed by atoms with Gasteiger partial charge in [-0.05, 0) is 12.1 Å². The molecule has 0 aliphatic rings. The molecule has 0 radical (unpaired) electrons. The van der Waals surface area contributed by atoms with E-state index in [9.17, 15) is 4.79 Å². The summed E-state index contributed by atoms with van der Waals surface area (Å²) < 4.78 is 0. The van der Waals surface area contributed by atoms with Crippen molar-refractivity contribution in [3.8, 4) is 0 Å². The molecule has 0 fully saturated rings. The summed E-state index contributed by atoms with van der Waals surface area (Å²) >= 11 is 1.39. The molecule has 0 saturated carbocycles. The monoisotopic (exact) mass is 259 g/mol. The minimum absolute atomic E-state index is 0.0378. The molecule has 4 heteroatoms. The molecule has 0 bridgehead atoms. The average Bonchev–Trinajstić information content (AvgIpc) is 2.45. The smallest absolute Gasteiger partial charge is 0.195 e. The Bertz CT molecular complexity index is 528. The van der Waals surface area contributed by atoms with Crippen molar-refractivity contribution in [2.24, 2.45) is 0 Å². The zero-order chi connectivity index (χ0) is 12.8. The summed E-state index contributed by atoms with van der Waals surface area (Å²) in [5.74, 6) is 0.496. The number of pyridine rings is 1. The van der Waals surface area contributed by atoms with Crippen LogP contribution in [-0.2, 0) is 0 Å². The fourth-order valence-electron chi connectivity index (χ4n) is 1.57. The van der Waals surface area contributed by atoms with Gasteiger partial charge in [-0.1, -0.05) is 30.3 Å². The van der Waals surface area contributed by atoms with Crippen LogP contribution in [0.3, 0.4) is 0 Å². The van der Waals surface area contributed by atoms with Crippen LogP contribution in [0.5, 0.6) is 0 Å². The minimum atomic E-state index is -0.0378. The summed E-state index contributed by atoms with van der Waals surface area (Å²) in [5, 5.41) is 9.51. The number of rotatable bonds is 5. The summed E-state index contributed by atoms with van der Waals surface area (Å²) in [6.45, 7) is 0.0697. The first-order valence-corrected chi connectivity index (χ1v) is 6.60. The molecule has 2 aromatic rings. The Morgan fingerprint density at radius 1 is 1.17 bits per heavy atom. The molecule has 0 aliphatic carbocycles. The van der Waals surface area contributed by atoms with Crippen LogP contribution in [-0.4, -0.2) is 28.2 Å². The quantitative estimate of drug-likeness (QED) is 0.661. The van der Waals surface area contributed by atoms with Gasteiger partial charge in [0.2, 0.25) is 0 Å². The van der Waals surface area contributed by atoms with Crippen LogP contribution in [0.2, 0.25) is 0 Å². The third-order valence-corrected chi connectivity index (χ3v) is 3.37. The number of hydrogen-bond donors (Lipinski definition) is 1. The Morgan fingerprint density at radius 3 is 2.67 bits per heavy atom. The lowest BCUT2D eigenvalue weighted by molar-refractivity contribution is 0.103. The Balaban J connectivity index is 2.30. The van der Waals surface area contributed by atoms with Crippen LogP contribution in [0.1, 0.15) is 15.9 Å². The van der Waals surface area contributed by atoms with E-state index in [1.54, 1.807) is 30.5 Å². The van der Waals surface area contributed by atoms with Crippen LogP contribution in [0.15, 0.2) is 53.7 Å². The topological polar surface area (TPSA) is 50.2 Å². The Hall–Kier alpha value is -1.65. The van der Waals surface area contributed by atoms with E-state index in [0.717, 1.165) is 0 Å². The lowest BCUT2D eigenvalue weighted by Gasteiger charge is -2.06. The highest BCUT2D eigenvalue weighted by atomic mass is 32.2. The van der Waals surface area contributed by atoms with Crippen molar-refractivity contribution in [1.82, 2.24) is 4.98 Å². The second kappa shape index (κ2) is 6.33. The number of aliphatic hydroxyl groups is 1. The zero-order valence-corrected chi connectivity index (χ0v) is 10.6. The molecule has 0 atom stereocenters. The van der Waals surface area contributed by atoms with E-state index in [0.29, 0.717) is 21.9 Å². The maximum absolute atomic E-state index is 12.3. The number of thioether (sulfide) groups is 1. The molecule has 1 aromatic heterocycles. The molecule has 0 spiro atoms. The van der Waals surface area contributed by atoms with Gasteiger partial charge < -0.3 is 5.11 Å². The summed E-state index contributed by atoms with van der Waals surface area (Å²) in [6, 6.07) is 12.6.